The molecule has 1 aliphatic rings. The van der Waals surface area contributed by atoms with Crippen molar-refractivity contribution in [1.29, 1.82) is 0 Å². The lowest BCUT2D eigenvalue weighted by Crippen LogP contribution is -2.46. The third-order valence-electron chi connectivity index (χ3n) is 4.81. The van der Waals surface area contributed by atoms with Gasteiger partial charge in [0.2, 0.25) is 0 Å². The highest BCUT2D eigenvalue weighted by Gasteiger charge is 2.48. The van der Waals surface area contributed by atoms with E-state index in [-0.39, 0.29) is 5.41 Å². The molecule has 0 amide bonds. The van der Waals surface area contributed by atoms with Crippen molar-refractivity contribution in [2.24, 2.45) is 22.7 Å². The largest absolute Gasteiger partial charge is 0.0648 e. The Bertz CT molecular complexity index is 190. The lowest BCUT2D eigenvalue weighted by atomic mass is 9.50. The van der Waals surface area contributed by atoms with E-state index in [0.717, 1.165) is 11.8 Å². The van der Waals surface area contributed by atoms with Crippen molar-refractivity contribution in [3.63, 3.8) is 0 Å². The Morgan fingerprint density at radius 3 is 2.21 bits per heavy atom. The van der Waals surface area contributed by atoms with Gasteiger partial charge in [0.15, 0.2) is 0 Å². The zero-order valence-electron chi connectivity index (χ0n) is 10.8. The SMILES string of the molecule is CCC1(C)C(C(C)C)CC[C]C1(C)C. The first-order valence-electron chi connectivity index (χ1n) is 6.10. The van der Waals surface area contributed by atoms with E-state index in [9.17, 15) is 0 Å². The van der Waals surface area contributed by atoms with Gasteiger partial charge in [-0.05, 0) is 48.3 Å². The molecule has 0 aromatic heterocycles. The maximum Gasteiger partial charge on any atom is -0.0106 e. The van der Waals surface area contributed by atoms with Gasteiger partial charge in [-0.2, -0.15) is 0 Å². The van der Waals surface area contributed by atoms with E-state index in [0.29, 0.717) is 5.41 Å². The predicted molar refractivity (Wildman–Crippen MR) is 63.0 cm³/mol. The molecule has 1 rings (SSSR count). The fraction of sp³-hybridized carbons (Fsp3) is 0.929. The molecule has 2 unspecified atom stereocenters. The summed E-state index contributed by atoms with van der Waals surface area (Å²) in [6.07, 6.45) is 7.48. The van der Waals surface area contributed by atoms with Crippen LogP contribution in [0.15, 0.2) is 0 Å². The summed E-state index contributed by atoms with van der Waals surface area (Å²) < 4.78 is 0. The summed E-state index contributed by atoms with van der Waals surface area (Å²) in [4.78, 5) is 0. The smallest absolute Gasteiger partial charge is 0.0106 e. The van der Waals surface area contributed by atoms with Gasteiger partial charge in [-0.3, -0.25) is 0 Å². The van der Waals surface area contributed by atoms with Crippen molar-refractivity contribution < 1.29 is 0 Å². The first kappa shape index (κ1) is 12.1. The summed E-state index contributed by atoms with van der Waals surface area (Å²) in [7, 11) is 0. The average Bonchev–Trinajstić information content (AvgIpc) is 2.09. The Morgan fingerprint density at radius 1 is 1.29 bits per heavy atom. The fourth-order valence-electron chi connectivity index (χ4n) is 3.30. The van der Waals surface area contributed by atoms with Crippen LogP contribution in [0, 0.1) is 29.1 Å². The minimum atomic E-state index is 0.287. The Balaban J connectivity index is 2.96. The van der Waals surface area contributed by atoms with E-state index in [1.807, 2.05) is 0 Å². The van der Waals surface area contributed by atoms with Crippen LogP contribution in [0.1, 0.15) is 60.8 Å². The summed E-state index contributed by atoms with van der Waals surface area (Å²) in [5.41, 5.74) is 0.731. The minimum Gasteiger partial charge on any atom is -0.0648 e. The third-order valence-corrected chi connectivity index (χ3v) is 4.81. The Morgan fingerprint density at radius 2 is 1.86 bits per heavy atom. The lowest BCUT2D eigenvalue weighted by molar-refractivity contribution is -0.0161. The van der Waals surface area contributed by atoms with E-state index in [1.54, 1.807) is 0 Å². The third kappa shape index (κ3) is 1.73. The van der Waals surface area contributed by atoms with Crippen LogP contribution in [0.4, 0.5) is 0 Å². The molecule has 0 N–H and O–H groups in total. The molecule has 2 atom stereocenters. The summed E-state index contributed by atoms with van der Waals surface area (Å²) >= 11 is 0. The molecule has 1 fully saturated rings. The Hall–Kier alpha value is 0. The van der Waals surface area contributed by atoms with Gasteiger partial charge in [0.1, 0.15) is 0 Å². The molecule has 0 heterocycles. The zero-order valence-corrected chi connectivity index (χ0v) is 10.8. The summed E-state index contributed by atoms with van der Waals surface area (Å²) in [6, 6.07) is 0. The molecule has 1 aliphatic carbocycles. The molecular formula is C14H26. The number of hydrogen-bond donors (Lipinski definition) is 0. The molecular weight excluding hydrogens is 168 g/mol. The standard InChI is InChI=1S/C14H26/c1-7-14(6)12(11(2)3)9-8-10-13(14,4)5/h11-12H,7-9H2,1-6H3. The molecule has 0 nitrogen and oxygen atoms in total. The normalized spacial score (nSPS) is 37.5. The highest BCUT2D eigenvalue weighted by molar-refractivity contribution is 5.05. The Kier molecular flexibility index (Phi) is 3.33. The topological polar surface area (TPSA) is 0 Å². The van der Waals surface area contributed by atoms with Gasteiger partial charge in [-0.1, -0.05) is 41.5 Å². The van der Waals surface area contributed by atoms with Crippen molar-refractivity contribution in [3.05, 3.63) is 6.42 Å². The van der Waals surface area contributed by atoms with Gasteiger partial charge in [-0.15, -0.1) is 0 Å². The molecule has 0 bridgehead atoms. The van der Waals surface area contributed by atoms with Gasteiger partial charge < -0.3 is 0 Å². The fourth-order valence-corrected chi connectivity index (χ4v) is 3.30. The van der Waals surface area contributed by atoms with E-state index in [1.165, 1.54) is 19.3 Å². The second kappa shape index (κ2) is 3.87. The molecule has 0 saturated heterocycles. The average molecular weight is 194 g/mol. The quantitative estimate of drug-likeness (QED) is 0.604. The summed E-state index contributed by atoms with van der Waals surface area (Å²) in [6.45, 7) is 14.3. The minimum absolute atomic E-state index is 0.287. The first-order chi connectivity index (χ1) is 6.35. The van der Waals surface area contributed by atoms with E-state index in [2.05, 4.69) is 48.0 Å². The molecule has 0 aromatic rings. The molecule has 0 aromatic carbocycles. The van der Waals surface area contributed by atoms with Crippen LogP contribution in [0.25, 0.3) is 0 Å². The summed E-state index contributed by atoms with van der Waals surface area (Å²) in [5, 5.41) is 0. The van der Waals surface area contributed by atoms with E-state index >= 15 is 0 Å². The predicted octanol–water partition coefficient (Wildman–Crippen LogP) is 4.58. The number of rotatable bonds is 2. The van der Waals surface area contributed by atoms with Crippen LogP contribution in [-0.2, 0) is 0 Å². The molecule has 0 spiro atoms. The molecule has 0 aliphatic heterocycles. The second-order valence-corrected chi connectivity index (χ2v) is 5.96. The first-order valence-corrected chi connectivity index (χ1v) is 6.10. The summed E-state index contributed by atoms with van der Waals surface area (Å²) in [5.74, 6) is 1.67. The van der Waals surface area contributed by atoms with Gasteiger partial charge in [-0.25, -0.2) is 0 Å². The van der Waals surface area contributed by atoms with Crippen molar-refractivity contribution in [1.82, 2.24) is 0 Å². The van der Waals surface area contributed by atoms with Gasteiger partial charge in [0.25, 0.3) is 0 Å². The van der Waals surface area contributed by atoms with Crippen molar-refractivity contribution in [2.45, 2.75) is 60.8 Å². The van der Waals surface area contributed by atoms with Crippen molar-refractivity contribution >= 4 is 0 Å². The zero-order chi connectivity index (χ0) is 11.0. The van der Waals surface area contributed by atoms with Gasteiger partial charge >= 0.3 is 0 Å². The van der Waals surface area contributed by atoms with Crippen LogP contribution in [-0.4, -0.2) is 0 Å². The maximum absolute atomic E-state index is 3.68. The van der Waals surface area contributed by atoms with Crippen molar-refractivity contribution in [3.8, 4) is 0 Å². The molecule has 82 valence electrons. The van der Waals surface area contributed by atoms with Crippen LogP contribution in [0.3, 0.4) is 0 Å². The van der Waals surface area contributed by atoms with E-state index in [4.69, 9.17) is 0 Å². The monoisotopic (exact) mass is 194 g/mol. The van der Waals surface area contributed by atoms with Crippen LogP contribution in [0.5, 0.6) is 0 Å². The van der Waals surface area contributed by atoms with E-state index < -0.39 is 0 Å². The van der Waals surface area contributed by atoms with Crippen LogP contribution < -0.4 is 0 Å². The van der Waals surface area contributed by atoms with Crippen LogP contribution >= 0.6 is 0 Å². The van der Waals surface area contributed by atoms with Gasteiger partial charge in [0.05, 0.1) is 0 Å². The highest BCUT2D eigenvalue weighted by atomic mass is 14.5. The lowest BCUT2D eigenvalue weighted by Gasteiger charge is -2.54. The number of hydrogen-bond acceptors (Lipinski definition) is 0. The van der Waals surface area contributed by atoms with Gasteiger partial charge in [0, 0.05) is 0 Å². The maximum atomic E-state index is 3.68. The molecule has 14 heavy (non-hydrogen) atoms. The molecule has 0 heteroatoms. The molecule has 1 saturated carbocycles. The molecule has 2 radical (unpaired) electrons. The Labute approximate surface area is 90.5 Å². The second-order valence-electron chi connectivity index (χ2n) is 5.96. The highest BCUT2D eigenvalue weighted by Crippen LogP contribution is 2.56. The van der Waals surface area contributed by atoms with Crippen molar-refractivity contribution in [2.75, 3.05) is 0 Å². The van der Waals surface area contributed by atoms with Crippen LogP contribution in [0.2, 0.25) is 0 Å².